The van der Waals surface area contributed by atoms with E-state index in [2.05, 4.69) is 15.7 Å². The summed E-state index contributed by atoms with van der Waals surface area (Å²) in [6, 6.07) is 7.89. The van der Waals surface area contributed by atoms with Crippen molar-refractivity contribution in [2.24, 2.45) is 0 Å². The zero-order chi connectivity index (χ0) is 17.4. The molecule has 1 aromatic heterocycles. The predicted molar refractivity (Wildman–Crippen MR) is 89.3 cm³/mol. The van der Waals surface area contributed by atoms with Crippen molar-refractivity contribution in [3.8, 4) is 5.75 Å². The molecule has 1 heterocycles. The van der Waals surface area contributed by atoms with Crippen molar-refractivity contribution in [1.29, 1.82) is 0 Å². The number of carbonyl (C=O) groups is 1. The molecule has 0 radical (unpaired) electrons. The summed E-state index contributed by atoms with van der Waals surface area (Å²) in [6.07, 6.45) is 3.63. The number of ether oxygens (including phenoxy) is 1. The van der Waals surface area contributed by atoms with Gasteiger partial charge in [0.25, 0.3) is 0 Å². The van der Waals surface area contributed by atoms with Crippen molar-refractivity contribution in [3.63, 3.8) is 0 Å². The summed E-state index contributed by atoms with van der Waals surface area (Å²) in [5.41, 5.74) is 0. The first kappa shape index (κ1) is 17.9. The molecule has 0 spiro atoms. The first-order valence-corrected chi connectivity index (χ1v) is 7.94. The molecule has 2 aromatic rings. The SMILES string of the molecule is C[C@H]([C@@H](C)NCC(=O)NCCOc1ccc(F)cc1)n1cccn1. The minimum Gasteiger partial charge on any atom is -0.492 e. The van der Waals surface area contributed by atoms with Crippen molar-refractivity contribution in [3.05, 3.63) is 48.5 Å². The second-order valence-corrected chi connectivity index (χ2v) is 5.55. The molecule has 2 N–H and O–H groups in total. The van der Waals surface area contributed by atoms with Gasteiger partial charge in [-0.2, -0.15) is 5.10 Å². The molecule has 24 heavy (non-hydrogen) atoms. The van der Waals surface area contributed by atoms with Crippen molar-refractivity contribution in [1.82, 2.24) is 20.4 Å². The van der Waals surface area contributed by atoms with Crippen LogP contribution >= 0.6 is 0 Å². The minimum atomic E-state index is -0.305. The summed E-state index contributed by atoms with van der Waals surface area (Å²) in [7, 11) is 0. The molecule has 0 bridgehead atoms. The number of benzene rings is 1. The van der Waals surface area contributed by atoms with Crippen LogP contribution in [0.25, 0.3) is 0 Å². The molecule has 1 amide bonds. The van der Waals surface area contributed by atoms with E-state index in [0.717, 1.165) is 0 Å². The van der Waals surface area contributed by atoms with Gasteiger partial charge in [0, 0.05) is 18.4 Å². The van der Waals surface area contributed by atoms with Crippen molar-refractivity contribution in [2.75, 3.05) is 19.7 Å². The fraction of sp³-hybridized carbons (Fsp3) is 0.412. The Hall–Kier alpha value is -2.41. The van der Waals surface area contributed by atoms with Gasteiger partial charge in [-0.1, -0.05) is 0 Å². The molecule has 2 rings (SSSR count). The molecule has 0 aliphatic rings. The summed E-state index contributed by atoms with van der Waals surface area (Å²) in [5.74, 6) is 0.169. The summed E-state index contributed by atoms with van der Waals surface area (Å²) in [5, 5.41) is 10.1. The lowest BCUT2D eigenvalue weighted by atomic mass is 10.2. The Morgan fingerprint density at radius 1 is 1.33 bits per heavy atom. The van der Waals surface area contributed by atoms with Crippen LogP contribution in [0.4, 0.5) is 4.39 Å². The van der Waals surface area contributed by atoms with E-state index in [-0.39, 0.29) is 30.4 Å². The van der Waals surface area contributed by atoms with Gasteiger partial charge in [0.2, 0.25) is 5.91 Å². The second-order valence-electron chi connectivity index (χ2n) is 5.55. The van der Waals surface area contributed by atoms with Gasteiger partial charge in [0.05, 0.1) is 19.1 Å². The Labute approximate surface area is 141 Å². The first-order chi connectivity index (χ1) is 11.6. The largest absolute Gasteiger partial charge is 0.492 e. The zero-order valence-electron chi connectivity index (χ0n) is 13.9. The molecule has 7 heteroatoms. The highest BCUT2D eigenvalue weighted by molar-refractivity contribution is 5.77. The maximum Gasteiger partial charge on any atom is 0.234 e. The standard InChI is InChI=1S/C17H23FN4O2/c1-13(14(2)22-10-3-8-21-22)20-12-17(23)19-9-11-24-16-6-4-15(18)5-7-16/h3-8,10,13-14,20H,9,11-12H2,1-2H3,(H,19,23)/t13-,14-/m1/s1. The topological polar surface area (TPSA) is 68.2 Å². The Bertz CT molecular complexity index is 616. The zero-order valence-corrected chi connectivity index (χ0v) is 13.9. The van der Waals surface area contributed by atoms with E-state index in [0.29, 0.717) is 18.9 Å². The molecular weight excluding hydrogens is 311 g/mol. The number of hydrogen-bond donors (Lipinski definition) is 2. The van der Waals surface area contributed by atoms with E-state index in [1.165, 1.54) is 12.1 Å². The van der Waals surface area contributed by atoms with E-state index in [9.17, 15) is 9.18 Å². The van der Waals surface area contributed by atoms with Crippen LogP contribution in [-0.4, -0.2) is 41.4 Å². The molecule has 0 fully saturated rings. The van der Waals surface area contributed by atoms with Crippen LogP contribution in [0.3, 0.4) is 0 Å². The molecule has 0 saturated heterocycles. The number of aromatic nitrogens is 2. The fourth-order valence-electron chi connectivity index (χ4n) is 2.13. The smallest absolute Gasteiger partial charge is 0.234 e. The number of rotatable bonds is 9. The Morgan fingerprint density at radius 3 is 2.75 bits per heavy atom. The third kappa shape index (κ3) is 5.66. The van der Waals surface area contributed by atoms with Gasteiger partial charge >= 0.3 is 0 Å². The Balaban J connectivity index is 1.60. The number of halogens is 1. The summed E-state index contributed by atoms with van der Waals surface area (Å²) in [4.78, 5) is 11.8. The Morgan fingerprint density at radius 2 is 2.08 bits per heavy atom. The summed E-state index contributed by atoms with van der Waals surface area (Å²) in [6.45, 7) is 5.00. The number of nitrogens with one attached hydrogen (secondary N) is 2. The molecule has 6 nitrogen and oxygen atoms in total. The number of nitrogens with zero attached hydrogens (tertiary/aromatic N) is 2. The van der Waals surface area contributed by atoms with E-state index in [1.54, 1.807) is 18.3 Å². The minimum absolute atomic E-state index is 0.0998. The predicted octanol–water partition coefficient (Wildman–Crippen LogP) is 1.76. The van der Waals surface area contributed by atoms with Gasteiger partial charge in [-0.15, -0.1) is 0 Å². The average molecular weight is 334 g/mol. The molecule has 2 atom stereocenters. The molecule has 1 aromatic carbocycles. The molecule has 130 valence electrons. The van der Waals surface area contributed by atoms with Gasteiger partial charge in [0.15, 0.2) is 0 Å². The fourth-order valence-corrected chi connectivity index (χ4v) is 2.13. The van der Waals surface area contributed by atoms with E-state index < -0.39 is 0 Å². The van der Waals surface area contributed by atoms with E-state index >= 15 is 0 Å². The third-order valence-electron chi connectivity index (χ3n) is 3.76. The molecular formula is C17H23FN4O2. The highest BCUT2D eigenvalue weighted by Gasteiger charge is 2.14. The summed E-state index contributed by atoms with van der Waals surface area (Å²) < 4.78 is 20.0. The van der Waals surface area contributed by atoms with Gasteiger partial charge < -0.3 is 15.4 Å². The molecule has 0 unspecified atom stereocenters. The van der Waals surface area contributed by atoms with Crippen LogP contribution in [0, 0.1) is 5.82 Å². The highest BCUT2D eigenvalue weighted by atomic mass is 19.1. The highest BCUT2D eigenvalue weighted by Crippen LogP contribution is 2.10. The summed E-state index contributed by atoms with van der Waals surface area (Å²) >= 11 is 0. The van der Waals surface area contributed by atoms with Crippen molar-refractivity contribution in [2.45, 2.75) is 25.9 Å². The lowest BCUT2D eigenvalue weighted by Crippen LogP contribution is -2.42. The molecule has 0 aliphatic heterocycles. The normalized spacial score (nSPS) is 13.3. The second kappa shape index (κ2) is 9.02. The number of hydrogen-bond acceptors (Lipinski definition) is 4. The van der Waals surface area contributed by atoms with E-state index in [1.807, 2.05) is 30.8 Å². The van der Waals surface area contributed by atoms with Crippen LogP contribution in [0.5, 0.6) is 5.75 Å². The van der Waals surface area contributed by atoms with Gasteiger partial charge in [0.1, 0.15) is 18.2 Å². The maximum absolute atomic E-state index is 12.8. The van der Waals surface area contributed by atoms with Gasteiger partial charge in [-0.05, 0) is 44.2 Å². The van der Waals surface area contributed by atoms with Crippen LogP contribution in [0.1, 0.15) is 19.9 Å². The first-order valence-electron chi connectivity index (χ1n) is 7.94. The van der Waals surface area contributed by atoms with E-state index in [4.69, 9.17) is 4.74 Å². The van der Waals surface area contributed by atoms with Gasteiger partial charge in [-0.25, -0.2) is 4.39 Å². The van der Waals surface area contributed by atoms with Crippen LogP contribution in [0.2, 0.25) is 0 Å². The van der Waals surface area contributed by atoms with Gasteiger partial charge in [-0.3, -0.25) is 9.48 Å². The van der Waals surface area contributed by atoms with Crippen LogP contribution in [-0.2, 0) is 4.79 Å². The lowest BCUT2D eigenvalue weighted by Gasteiger charge is -2.21. The van der Waals surface area contributed by atoms with Crippen LogP contribution in [0.15, 0.2) is 42.7 Å². The molecule has 0 saturated carbocycles. The van der Waals surface area contributed by atoms with Crippen molar-refractivity contribution < 1.29 is 13.9 Å². The number of amides is 1. The quantitative estimate of drug-likeness (QED) is 0.686. The lowest BCUT2D eigenvalue weighted by molar-refractivity contribution is -0.120. The molecule has 0 aliphatic carbocycles. The monoisotopic (exact) mass is 334 g/mol. The van der Waals surface area contributed by atoms with Crippen molar-refractivity contribution >= 4 is 5.91 Å². The Kier molecular flexibility index (Phi) is 6.74. The third-order valence-corrected chi connectivity index (χ3v) is 3.76. The van der Waals surface area contributed by atoms with Crippen LogP contribution < -0.4 is 15.4 Å². The average Bonchev–Trinajstić information content (AvgIpc) is 3.12. The maximum atomic E-state index is 12.8. The number of carbonyl (C=O) groups excluding carboxylic acids is 1.